The van der Waals surface area contributed by atoms with E-state index in [0.29, 0.717) is 0 Å². The maximum atomic E-state index is 8.90. The van der Waals surface area contributed by atoms with Gasteiger partial charge >= 0.3 is 0 Å². The van der Waals surface area contributed by atoms with Crippen LogP contribution >= 0.6 is 0 Å². The van der Waals surface area contributed by atoms with Crippen molar-refractivity contribution in [3.8, 4) is 44.5 Å². The minimum atomic E-state index is -0.717. The molecule has 0 saturated carbocycles. The first kappa shape index (κ1) is 31.9. The number of hydrogen-bond acceptors (Lipinski definition) is 1. The Kier molecular flexibility index (Phi) is 6.84. The van der Waals surface area contributed by atoms with E-state index in [0.717, 1.165) is 33.8 Å². The fourth-order valence-electron chi connectivity index (χ4n) is 10.5. The summed E-state index contributed by atoms with van der Waals surface area (Å²) in [4.78, 5) is 2.45. The van der Waals surface area contributed by atoms with Crippen LogP contribution in [0.3, 0.4) is 0 Å². The monoisotopic (exact) mass is 718 g/mol. The van der Waals surface area contributed by atoms with E-state index in [9.17, 15) is 0 Å². The lowest BCUT2D eigenvalue weighted by Crippen LogP contribution is -2.26. The number of rotatable bonds is 5. The Morgan fingerprint density at radius 3 is 1.41 bits per heavy atom. The summed E-state index contributed by atoms with van der Waals surface area (Å²) >= 11 is 0. The van der Waals surface area contributed by atoms with Crippen molar-refractivity contribution in [3.63, 3.8) is 0 Å². The number of anilines is 3. The van der Waals surface area contributed by atoms with E-state index in [2.05, 4.69) is 195 Å². The molecule has 8 aromatic rings. The molecule has 0 radical (unpaired) electrons. The molecule has 0 aromatic heterocycles. The Bertz CT molecular complexity index is 2860. The molecule has 1 nitrogen and oxygen atoms in total. The third kappa shape index (κ3) is 4.43. The Labute approximate surface area is 332 Å². The molecule has 0 heterocycles. The first-order chi connectivity index (χ1) is 27.7. The zero-order chi connectivity index (χ0) is 38.7. The highest BCUT2D eigenvalue weighted by Gasteiger charge is 2.51. The Balaban J connectivity index is 1.15. The van der Waals surface area contributed by atoms with Crippen molar-refractivity contribution in [1.82, 2.24) is 0 Å². The van der Waals surface area contributed by atoms with Gasteiger partial charge in [-0.3, -0.25) is 0 Å². The van der Waals surface area contributed by atoms with Crippen LogP contribution < -0.4 is 4.90 Å². The van der Waals surface area contributed by atoms with Gasteiger partial charge in [0.05, 0.1) is 5.41 Å². The summed E-state index contributed by atoms with van der Waals surface area (Å²) < 4.78 is 8.90. The molecule has 0 saturated heterocycles. The highest BCUT2D eigenvalue weighted by Crippen LogP contribution is 2.63. The van der Waals surface area contributed by atoms with Crippen molar-refractivity contribution in [2.75, 3.05) is 4.90 Å². The Morgan fingerprint density at radius 2 is 0.821 bits per heavy atom. The SMILES string of the molecule is [2H]C(C)(C)c1ccccc1-c1ccc(N(c2ccc3c(c2)-c2ccccc2C3(C)C)c2ccc3c(c2)C2(c4ccccc4-c4ccccc42)c2ccccc2-3)cc1. The predicted molar refractivity (Wildman–Crippen MR) is 235 cm³/mol. The summed E-state index contributed by atoms with van der Waals surface area (Å²) in [5.74, 6) is -0.717. The topological polar surface area (TPSA) is 3.24 Å². The van der Waals surface area contributed by atoms with E-state index in [1.165, 1.54) is 66.8 Å². The van der Waals surface area contributed by atoms with E-state index in [-0.39, 0.29) is 5.41 Å². The van der Waals surface area contributed by atoms with Crippen molar-refractivity contribution in [1.29, 1.82) is 0 Å². The normalized spacial score (nSPS) is 15.0. The molecule has 8 aromatic carbocycles. The van der Waals surface area contributed by atoms with Crippen molar-refractivity contribution in [2.24, 2.45) is 0 Å². The van der Waals surface area contributed by atoms with Gasteiger partial charge in [-0.15, -0.1) is 0 Å². The number of benzene rings is 8. The van der Waals surface area contributed by atoms with Gasteiger partial charge in [-0.2, -0.15) is 0 Å². The molecule has 0 bridgehead atoms. The van der Waals surface area contributed by atoms with Crippen molar-refractivity contribution < 1.29 is 1.37 Å². The van der Waals surface area contributed by atoms with Crippen molar-refractivity contribution in [3.05, 3.63) is 221 Å². The average molecular weight is 719 g/mol. The maximum Gasteiger partial charge on any atom is 0.0726 e. The van der Waals surface area contributed by atoms with E-state index < -0.39 is 11.3 Å². The molecule has 0 amide bonds. The highest BCUT2D eigenvalue weighted by molar-refractivity contribution is 5.96. The summed E-state index contributed by atoms with van der Waals surface area (Å²) in [5.41, 5.74) is 22.0. The highest BCUT2D eigenvalue weighted by atomic mass is 15.1. The predicted octanol–water partition coefficient (Wildman–Crippen LogP) is 14.6. The van der Waals surface area contributed by atoms with Gasteiger partial charge < -0.3 is 4.90 Å². The van der Waals surface area contributed by atoms with E-state index in [1.54, 1.807) is 0 Å². The first-order valence-corrected chi connectivity index (χ1v) is 19.9. The number of hydrogen-bond donors (Lipinski definition) is 0. The number of nitrogens with zero attached hydrogens (tertiary/aromatic N) is 1. The van der Waals surface area contributed by atoms with Crippen LogP contribution in [0, 0.1) is 0 Å². The third-order valence-corrected chi connectivity index (χ3v) is 13.0. The van der Waals surface area contributed by atoms with Crippen LogP contribution in [0.5, 0.6) is 0 Å². The minimum absolute atomic E-state index is 0.0784. The van der Waals surface area contributed by atoms with Crippen LogP contribution in [0.1, 0.15) is 73.9 Å². The summed E-state index contributed by atoms with van der Waals surface area (Å²) in [6.07, 6.45) is 0. The van der Waals surface area contributed by atoms with Crippen LogP contribution in [0.15, 0.2) is 182 Å². The van der Waals surface area contributed by atoms with Gasteiger partial charge in [0.25, 0.3) is 0 Å². The van der Waals surface area contributed by atoms with Crippen LogP contribution in [-0.4, -0.2) is 0 Å². The van der Waals surface area contributed by atoms with Crippen LogP contribution in [0.4, 0.5) is 17.1 Å². The molecule has 3 aliphatic carbocycles. The third-order valence-electron chi connectivity index (χ3n) is 13.0. The molecule has 1 spiro atoms. The zero-order valence-electron chi connectivity index (χ0n) is 33.3. The average Bonchev–Trinajstić information content (AvgIpc) is 3.79. The second-order valence-corrected chi connectivity index (χ2v) is 16.4. The van der Waals surface area contributed by atoms with Gasteiger partial charge in [0, 0.05) is 23.8 Å². The molecule has 1 heteroatoms. The first-order valence-electron chi connectivity index (χ1n) is 20.4. The van der Waals surface area contributed by atoms with Gasteiger partial charge in [-0.25, -0.2) is 0 Å². The van der Waals surface area contributed by atoms with Gasteiger partial charge in [0.1, 0.15) is 0 Å². The van der Waals surface area contributed by atoms with E-state index >= 15 is 0 Å². The van der Waals surface area contributed by atoms with E-state index in [1.807, 2.05) is 19.9 Å². The smallest absolute Gasteiger partial charge is 0.0726 e. The molecule has 0 N–H and O–H groups in total. The molecular formula is C55H43N. The van der Waals surface area contributed by atoms with Crippen molar-refractivity contribution >= 4 is 17.1 Å². The molecule has 0 atom stereocenters. The lowest BCUT2D eigenvalue weighted by Gasteiger charge is -2.32. The summed E-state index contributed by atoms with van der Waals surface area (Å²) in [5, 5.41) is 0. The van der Waals surface area contributed by atoms with Gasteiger partial charge in [0.15, 0.2) is 0 Å². The molecule has 11 rings (SSSR count). The Hall–Kier alpha value is -6.44. The minimum Gasteiger partial charge on any atom is -0.310 e. The number of fused-ring (bicyclic) bond motifs is 13. The fraction of sp³-hybridized carbons (Fsp3) is 0.127. The molecular weight excluding hydrogens is 675 g/mol. The molecule has 268 valence electrons. The zero-order valence-corrected chi connectivity index (χ0v) is 32.3. The lowest BCUT2D eigenvalue weighted by molar-refractivity contribution is 0.660. The Morgan fingerprint density at radius 1 is 0.393 bits per heavy atom. The van der Waals surface area contributed by atoms with Crippen molar-refractivity contribution in [2.45, 2.75) is 44.4 Å². The van der Waals surface area contributed by atoms with Gasteiger partial charge in [-0.05, 0) is 126 Å². The largest absolute Gasteiger partial charge is 0.310 e. The molecule has 56 heavy (non-hydrogen) atoms. The molecule has 0 unspecified atom stereocenters. The standard InChI is InChI=1S/C55H43N/c1-35(2)40-15-5-6-16-41(40)36-25-27-37(28-26-36)56(38-30-32-49-47(33-38)45-20-7-11-21-48(45)54(49,3)4)39-29-31-46-44-19-10-14-24-52(44)55(53(46)34-39)50-22-12-8-17-42(50)43-18-9-13-23-51(43)55/h5-35H,1-4H3/i35D. The summed E-state index contributed by atoms with van der Waals surface area (Å²) in [6.45, 7) is 8.63. The second-order valence-electron chi connectivity index (χ2n) is 16.4. The van der Waals surface area contributed by atoms with Crippen LogP contribution in [0.25, 0.3) is 44.5 Å². The maximum absolute atomic E-state index is 8.90. The van der Waals surface area contributed by atoms with Crippen LogP contribution in [-0.2, 0) is 10.8 Å². The van der Waals surface area contributed by atoms with Crippen LogP contribution in [0.2, 0.25) is 0 Å². The fourth-order valence-corrected chi connectivity index (χ4v) is 10.5. The summed E-state index contributed by atoms with van der Waals surface area (Å²) in [7, 11) is 0. The van der Waals surface area contributed by atoms with Gasteiger partial charge in [-0.1, -0.05) is 173 Å². The molecule has 0 aliphatic heterocycles. The summed E-state index contributed by atoms with van der Waals surface area (Å²) in [6, 6.07) is 67.5. The van der Waals surface area contributed by atoms with Gasteiger partial charge in [0.2, 0.25) is 0 Å². The molecule has 0 fully saturated rings. The molecule has 3 aliphatic rings. The lowest BCUT2D eigenvalue weighted by atomic mass is 9.70. The quantitative estimate of drug-likeness (QED) is 0.171. The van der Waals surface area contributed by atoms with E-state index in [4.69, 9.17) is 1.37 Å². The second kappa shape index (κ2) is 12.0.